The third kappa shape index (κ3) is 2.90. The molecule has 1 aliphatic heterocycles. The van der Waals surface area contributed by atoms with E-state index in [1.807, 2.05) is 0 Å². The smallest absolute Gasteiger partial charge is 0.294 e. The van der Waals surface area contributed by atoms with Gasteiger partial charge >= 0.3 is 0 Å². The molecule has 0 saturated heterocycles. The third-order valence-electron chi connectivity index (χ3n) is 4.37. The Kier molecular flexibility index (Phi) is 4.67. The van der Waals surface area contributed by atoms with Crippen LogP contribution in [0.25, 0.3) is 0 Å². The van der Waals surface area contributed by atoms with Crippen molar-refractivity contribution in [3.63, 3.8) is 0 Å². The maximum atomic E-state index is 12.7. The van der Waals surface area contributed by atoms with E-state index < -0.39 is 17.7 Å². The number of nitrogens with zero attached hydrogens (tertiary/aromatic N) is 1. The molecule has 0 aromatic heterocycles. The van der Waals surface area contributed by atoms with E-state index in [0.29, 0.717) is 22.7 Å². The van der Waals surface area contributed by atoms with Crippen molar-refractivity contribution in [2.45, 2.75) is 13.0 Å². The van der Waals surface area contributed by atoms with Crippen molar-refractivity contribution in [2.75, 3.05) is 19.1 Å². The van der Waals surface area contributed by atoms with Gasteiger partial charge in [0.15, 0.2) is 11.5 Å². The molecule has 2 aromatic rings. The van der Waals surface area contributed by atoms with E-state index in [-0.39, 0.29) is 11.4 Å². The molecular weight excluding hydrogens is 334 g/mol. The van der Waals surface area contributed by atoms with E-state index in [2.05, 4.69) is 0 Å². The summed E-state index contributed by atoms with van der Waals surface area (Å²) in [6, 6.07) is 13.2. The molecule has 26 heavy (non-hydrogen) atoms. The Bertz CT molecular complexity index is 868. The van der Waals surface area contributed by atoms with E-state index in [0.717, 1.165) is 0 Å². The molecular formula is C20H19NO5. The molecule has 0 radical (unpaired) electrons. The van der Waals surface area contributed by atoms with Crippen molar-refractivity contribution in [1.82, 2.24) is 0 Å². The standard InChI is InChI=1S/C20H19NO5/c1-12(22)17-18(13-4-8-15(25-2)9-5-13)21(20(24)19(17)23)14-6-10-16(26-3)11-7-14/h4-11,18,23H,1-3H3/t18-/m0/s1. The van der Waals surface area contributed by atoms with Gasteiger partial charge in [-0.2, -0.15) is 0 Å². The second kappa shape index (κ2) is 6.92. The SMILES string of the molecule is COc1ccc([C@H]2C(C(C)=O)=C(O)C(=O)N2c2ccc(OC)cc2)cc1. The van der Waals surface area contributed by atoms with Crippen molar-refractivity contribution in [1.29, 1.82) is 0 Å². The summed E-state index contributed by atoms with van der Waals surface area (Å²) in [6.07, 6.45) is 0. The number of anilines is 1. The Hall–Kier alpha value is -3.28. The molecule has 0 bridgehead atoms. The minimum Gasteiger partial charge on any atom is -0.503 e. The van der Waals surface area contributed by atoms with Gasteiger partial charge in [-0.15, -0.1) is 0 Å². The first-order valence-electron chi connectivity index (χ1n) is 8.03. The average molecular weight is 353 g/mol. The molecule has 3 rings (SSSR count). The zero-order chi connectivity index (χ0) is 18.8. The minimum absolute atomic E-state index is 0.0796. The molecule has 6 nitrogen and oxygen atoms in total. The lowest BCUT2D eigenvalue weighted by molar-refractivity contribution is -0.117. The number of ketones is 1. The van der Waals surface area contributed by atoms with Crippen molar-refractivity contribution in [3.8, 4) is 11.5 Å². The van der Waals surface area contributed by atoms with E-state index in [4.69, 9.17) is 9.47 Å². The molecule has 1 amide bonds. The van der Waals surface area contributed by atoms with Crippen molar-refractivity contribution in [2.24, 2.45) is 0 Å². The molecule has 0 fully saturated rings. The van der Waals surface area contributed by atoms with Crippen LogP contribution < -0.4 is 14.4 Å². The first-order chi connectivity index (χ1) is 12.5. The fourth-order valence-electron chi connectivity index (χ4n) is 3.08. The number of carbonyl (C=O) groups is 2. The molecule has 0 spiro atoms. The van der Waals surface area contributed by atoms with Crippen LogP contribution in [0.5, 0.6) is 11.5 Å². The average Bonchev–Trinajstić information content (AvgIpc) is 2.93. The molecule has 6 heteroatoms. The number of Topliss-reactive ketones (excluding diaryl/α,β-unsaturated/α-hetero) is 1. The highest BCUT2D eigenvalue weighted by molar-refractivity contribution is 6.16. The lowest BCUT2D eigenvalue weighted by Crippen LogP contribution is -2.30. The number of methoxy groups -OCH3 is 2. The van der Waals surface area contributed by atoms with Gasteiger partial charge in [0.1, 0.15) is 11.5 Å². The van der Waals surface area contributed by atoms with Crippen molar-refractivity contribution in [3.05, 3.63) is 65.4 Å². The van der Waals surface area contributed by atoms with Crippen LogP contribution in [0.1, 0.15) is 18.5 Å². The number of aliphatic hydroxyl groups is 1. The zero-order valence-electron chi connectivity index (χ0n) is 14.7. The first-order valence-corrected chi connectivity index (χ1v) is 8.03. The van der Waals surface area contributed by atoms with E-state index in [1.54, 1.807) is 62.8 Å². The van der Waals surface area contributed by atoms with Crippen LogP contribution in [0.3, 0.4) is 0 Å². The van der Waals surface area contributed by atoms with Gasteiger partial charge in [0, 0.05) is 5.69 Å². The number of benzene rings is 2. The van der Waals surface area contributed by atoms with Gasteiger partial charge in [-0.25, -0.2) is 0 Å². The molecule has 0 saturated carbocycles. The summed E-state index contributed by atoms with van der Waals surface area (Å²) >= 11 is 0. The van der Waals surface area contributed by atoms with Crippen LogP contribution in [0.15, 0.2) is 59.9 Å². The Labute approximate surface area is 151 Å². The monoisotopic (exact) mass is 353 g/mol. The predicted molar refractivity (Wildman–Crippen MR) is 96.6 cm³/mol. The molecule has 0 aliphatic carbocycles. The molecule has 2 aromatic carbocycles. The largest absolute Gasteiger partial charge is 0.503 e. The maximum Gasteiger partial charge on any atom is 0.294 e. The third-order valence-corrected chi connectivity index (χ3v) is 4.37. The molecule has 0 unspecified atom stereocenters. The lowest BCUT2D eigenvalue weighted by Gasteiger charge is -2.27. The number of hydrogen-bond acceptors (Lipinski definition) is 5. The maximum absolute atomic E-state index is 12.7. The molecule has 1 heterocycles. The van der Waals surface area contributed by atoms with Crippen LogP contribution in [0.4, 0.5) is 5.69 Å². The van der Waals surface area contributed by atoms with Gasteiger partial charge in [0.05, 0.1) is 25.8 Å². The van der Waals surface area contributed by atoms with Gasteiger partial charge in [-0.05, 0) is 48.9 Å². The quantitative estimate of drug-likeness (QED) is 0.893. The van der Waals surface area contributed by atoms with Gasteiger partial charge in [0.25, 0.3) is 5.91 Å². The number of ether oxygens (including phenoxy) is 2. The normalized spacial score (nSPS) is 16.8. The van der Waals surface area contributed by atoms with Crippen LogP contribution in [-0.2, 0) is 9.59 Å². The molecule has 1 atom stereocenters. The number of aliphatic hydroxyl groups excluding tert-OH is 1. The summed E-state index contributed by atoms with van der Waals surface area (Å²) in [6.45, 7) is 1.34. The number of hydrogen-bond donors (Lipinski definition) is 1. The van der Waals surface area contributed by atoms with Crippen LogP contribution in [-0.4, -0.2) is 31.0 Å². The Balaban J connectivity index is 2.11. The molecule has 1 aliphatic rings. The van der Waals surface area contributed by atoms with Crippen LogP contribution in [0, 0.1) is 0 Å². The van der Waals surface area contributed by atoms with E-state index in [1.165, 1.54) is 11.8 Å². The fraction of sp³-hybridized carbons (Fsp3) is 0.200. The Morgan fingerprint density at radius 1 is 0.962 bits per heavy atom. The van der Waals surface area contributed by atoms with E-state index >= 15 is 0 Å². The summed E-state index contributed by atoms with van der Waals surface area (Å²) in [5.74, 6) is -0.181. The zero-order valence-corrected chi connectivity index (χ0v) is 14.7. The number of rotatable bonds is 5. The summed E-state index contributed by atoms with van der Waals surface area (Å²) < 4.78 is 10.3. The predicted octanol–water partition coefficient (Wildman–Crippen LogP) is 3.19. The van der Waals surface area contributed by atoms with Gasteiger partial charge in [-0.3, -0.25) is 14.5 Å². The summed E-state index contributed by atoms with van der Waals surface area (Å²) in [5.41, 5.74) is 1.33. The van der Waals surface area contributed by atoms with Gasteiger partial charge in [0.2, 0.25) is 0 Å². The summed E-state index contributed by atoms with van der Waals surface area (Å²) in [7, 11) is 3.11. The van der Waals surface area contributed by atoms with Crippen LogP contribution in [0.2, 0.25) is 0 Å². The Morgan fingerprint density at radius 2 is 1.46 bits per heavy atom. The topological polar surface area (TPSA) is 76.1 Å². The highest BCUT2D eigenvalue weighted by Crippen LogP contribution is 2.41. The lowest BCUT2D eigenvalue weighted by atomic mass is 9.96. The second-order valence-corrected chi connectivity index (χ2v) is 5.87. The van der Waals surface area contributed by atoms with Crippen molar-refractivity contribution < 1.29 is 24.2 Å². The minimum atomic E-state index is -0.709. The Morgan fingerprint density at radius 3 is 1.92 bits per heavy atom. The summed E-state index contributed by atoms with van der Waals surface area (Å²) in [4.78, 5) is 26.2. The highest BCUT2D eigenvalue weighted by atomic mass is 16.5. The van der Waals surface area contributed by atoms with Gasteiger partial charge in [-0.1, -0.05) is 12.1 Å². The van der Waals surface area contributed by atoms with Crippen LogP contribution >= 0.6 is 0 Å². The molecule has 134 valence electrons. The fourth-order valence-corrected chi connectivity index (χ4v) is 3.08. The van der Waals surface area contributed by atoms with Gasteiger partial charge < -0.3 is 14.6 Å². The highest BCUT2D eigenvalue weighted by Gasteiger charge is 2.43. The number of amides is 1. The number of carbonyl (C=O) groups excluding carboxylic acids is 2. The molecule has 1 N–H and O–H groups in total. The van der Waals surface area contributed by atoms with Crippen molar-refractivity contribution >= 4 is 17.4 Å². The second-order valence-electron chi connectivity index (χ2n) is 5.87. The van der Waals surface area contributed by atoms with E-state index in [9.17, 15) is 14.7 Å². The first kappa shape index (κ1) is 17.5. The summed E-state index contributed by atoms with van der Waals surface area (Å²) in [5, 5.41) is 10.3.